The monoisotopic (exact) mass is 242 g/mol. The summed E-state index contributed by atoms with van der Waals surface area (Å²) in [6, 6.07) is 10.8. The first-order valence-electron chi connectivity index (χ1n) is 5.71. The average molecular weight is 242 g/mol. The Morgan fingerprint density at radius 2 is 2.17 bits per heavy atom. The normalized spacial score (nSPS) is 10.7. The van der Waals surface area contributed by atoms with Crippen LogP contribution in [0.1, 0.15) is 12.5 Å². The van der Waals surface area contributed by atoms with E-state index < -0.39 is 0 Å². The van der Waals surface area contributed by atoms with Gasteiger partial charge in [-0.3, -0.25) is 0 Å². The van der Waals surface area contributed by atoms with Gasteiger partial charge in [-0.15, -0.1) is 0 Å². The molecular formula is C14H14N2O2. The number of pyridine rings is 1. The lowest BCUT2D eigenvalue weighted by Gasteiger charge is -2.06. The van der Waals surface area contributed by atoms with Gasteiger partial charge in [0.25, 0.3) is 0 Å². The third-order valence-corrected chi connectivity index (χ3v) is 2.32. The van der Waals surface area contributed by atoms with Crippen LogP contribution < -0.4 is 4.74 Å². The molecule has 0 fully saturated rings. The van der Waals surface area contributed by atoms with Crippen LogP contribution in [0, 0.1) is 0 Å². The molecule has 0 aliphatic heterocycles. The first-order chi connectivity index (χ1) is 8.81. The number of ether oxygens (including phenoxy) is 1. The molecule has 0 saturated heterocycles. The first kappa shape index (κ1) is 12.1. The number of nitrogens with zero attached hydrogens (tertiary/aromatic N) is 2. The predicted molar refractivity (Wildman–Crippen MR) is 70.8 cm³/mol. The molecule has 2 rings (SSSR count). The summed E-state index contributed by atoms with van der Waals surface area (Å²) in [6.07, 6.45) is 3.24. The minimum absolute atomic E-state index is 0.0963. The van der Waals surface area contributed by atoms with Gasteiger partial charge in [0, 0.05) is 18.0 Å². The molecule has 1 heterocycles. The van der Waals surface area contributed by atoms with Crippen LogP contribution in [-0.4, -0.2) is 22.9 Å². The van der Waals surface area contributed by atoms with E-state index in [1.165, 1.54) is 0 Å². The van der Waals surface area contributed by atoms with E-state index in [9.17, 15) is 5.11 Å². The molecular weight excluding hydrogens is 228 g/mol. The van der Waals surface area contributed by atoms with Crippen LogP contribution in [0.15, 0.2) is 47.6 Å². The number of benzene rings is 1. The van der Waals surface area contributed by atoms with Crippen LogP contribution in [0.5, 0.6) is 11.5 Å². The van der Waals surface area contributed by atoms with Crippen molar-refractivity contribution in [1.29, 1.82) is 0 Å². The second-order valence-electron chi connectivity index (χ2n) is 3.57. The van der Waals surface area contributed by atoms with E-state index in [0.29, 0.717) is 23.7 Å². The SMILES string of the molecule is CCOc1cccc(/C=N/c2ccccn2)c1O. The fraction of sp³-hybridized carbons (Fsp3) is 0.143. The van der Waals surface area contributed by atoms with Crippen LogP contribution >= 0.6 is 0 Å². The highest BCUT2D eigenvalue weighted by molar-refractivity contribution is 5.86. The summed E-state index contributed by atoms with van der Waals surface area (Å²) >= 11 is 0. The number of aliphatic imine (C=N–C) groups is 1. The number of hydrogen-bond donors (Lipinski definition) is 1. The zero-order valence-electron chi connectivity index (χ0n) is 10.1. The molecule has 0 radical (unpaired) electrons. The third-order valence-electron chi connectivity index (χ3n) is 2.32. The summed E-state index contributed by atoms with van der Waals surface area (Å²) in [7, 11) is 0. The zero-order valence-corrected chi connectivity index (χ0v) is 10.1. The minimum atomic E-state index is 0.0963. The molecule has 1 N–H and O–H groups in total. The molecule has 0 atom stereocenters. The highest BCUT2D eigenvalue weighted by Crippen LogP contribution is 2.28. The van der Waals surface area contributed by atoms with Gasteiger partial charge in [-0.2, -0.15) is 0 Å². The Balaban J connectivity index is 2.24. The molecule has 4 nitrogen and oxygen atoms in total. The minimum Gasteiger partial charge on any atom is -0.504 e. The van der Waals surface area contributed by atoms with E-state index in [1.54, 1.807) is 30.6 Å². The highest BCUT2D eigenvalue weighted by atomic mass is 16.5. The summed E-state index contributed by atoms with van der Waals surface area (Å²) in [4.78, 5) is 8.26. The van der Waals surface area contributed by atoms with Crippen LogP contribution in [0.2, 0.25) is 0 Å². The van der Waals surface area contributed by atoms with Crippen molar-refractivity contribution in [1.82, 2.24) is 4.98 Å². The molecule has 0 aliphatic rings. The van der Waals surface area contributed by atoms with E-state index in [0.717, 1.165) is 0 Å². The number of aromatic nitrogens is 1. The fourth-order valence-corrected chi connectivity index (χ4v) is 1.48. The van der Waals surface area contributed by atoms with Gasteiger partial charge in [-0.1, -0.05) is 12.1 Å². The van der Waals surface area contributed by atoms with Gasteiger partial charge in [-0.25, -0.2) is 9.98 Å². The molecule has 92 valence electrons. The molecule has 0 spiro atoms. The molecule has 0 aliphatic carbocycles. The summed E-state index contributed by atoms with van der Waals surface area (Å²) in [5, 5.41) is 9.96. The molecule has 4 heteroatoms. The second kappa shape index (κ2) is 5.82. The van der Waals surface area contributed by atoms with Crippen molar-refractivity contribution >= 4 is 12.0 Å². The van der Waals surface area contributed by atoms with Crippen molar-refractivity contribution in [3.63, 3.8) is 0 Å². The lowest BCUT2D eigenvalue weighted by Crippen LogP contribution is -1.93. The van der Waals surface area contributed by atoms with Crippen LogP contribution in [-0.2, 0) is 0 Å². The molecule has 18 heavy (non-hydrogen) atoms. The van der Waals surface area contributed by atoms with Crippen molar-refractivity contribution in [2.75, 3.05) is 6.61 Å². The smallest absolute Gasteiger partial charge is 0.166 e. The third kappa shape index (κ3) is 2.85. The lowest BCUT2D eigenvalue weighted by atomic mass is 10.2. The lowest BCUT2D eigenvalue weighted by molar-refractivity contribution is 0.318. The van der Waals surface area contributed by atoms with Gasteiger partial charge in [-0.05, 0) is 31.2 Å². The summed E-state index contributed by atoms with van der Waals surface area (Å²) in [5.41, 5.74) is 0.603. The molecule has 0 amide bonds. The number of phenolic OH excluding ortho intramolecular Hbond substituents is 1. The Kier molecular flexibility index (Phi) is 3.91. The quantitative estimate of drug-likeness (QED) is 0.838. The molecule has 0 bridgehead atoms. The van der Waals surface area contributed by atoms with Crippen molar-refractivity contribution in [3.05, 3.63) is 48.2 Å². The molecule has 0 saturated carbocycles. The first-order valence-corrected chi connectivity index (χ1v) is 5.71. The number of para-hydroxylation sites is 1. The van der Waals surface area contributed by atoms with Crippen LogP contribution in [0.25, 0.3) is 0 Å². The second-order valence-corrected chi connectivity index (χ2v) is 3.57. The van der Waals surface area contributed by atoms with E-state index in [1.807, 2.05) is 25.1 Å². The number of rotatable bonds is 4. The van der Waals surface area contributed by atoms with Crippen molar-refractivity contribution in [2.45, 2.75) is 6.92 Å². The van der Waals surface area contributed by atoms with Gasteiger partial charge in [0.15, 0.2) is 17.3 Å². The zero-order chi connectivity index (χ0) is 12.8. The maximum atomic E-state index is 9.96. The Labute approximate surface area is 106 Å². The Morgan fingerprint density at radius 3 is 2.89 bits per heavy atom. The number of aromatic hydroxyl groups is 1. The predicted octanol–water partition coefficient (Wildman–Crippen LogP) is 2.94. The van der Waals surface area contributed by atoms with Crippen LogP contribution in [0.4, 0.5) is 5.82 Å². The molecule has 0 unspecified atom stereocenters. The standard InChI is InChI=1S/C14H14N2O2/c1-2-18-12-7-5-6-11(14(12)17)10-16-13-8-3-4-9-15-13/h3-10,17H,2H2,1H3/b16-10+. The van der Waals surface area contributed by atoms with Gasteiger partial charge in [0.2, 0.25) is 0 Å². The molecule has 1 aromatic carbocycles. The van der Waals surface area contributed by atoms with E-state index in [4.69, 9.17) is 4.74 Å². The number of phenols is 1. The van der Waals surface area contributed by atoms with Crippen molar-refractivity contribution in [3.8, 4) is 11.5 Å². The average Bonchev–Trinajstić information content (AvgIpc) is 2.41. The number of hydrogen-bond acceptors (Lipinski definition) is 4. The van der Waals surface area contributed by atoms with E-state index in [-0.39, 0.29) is 5.75 Å². The topological polar surface area (TPSA) is 54.7 Å². The van der Waals surface area contributed by atoms with Gasteiger partial charge >= 0.3 is 0 Å². The van der Waals surface area contributed by atoms with Gasteiger partial charge in [0.05, 0.1) is 6.61 Å². The van der Waals surface area contributed by atoms with E-state index in [2.05, 4.69) is 9.98 Å². The van der Waals surface area contributed by atoms with E-state index >= 15 is 0 Å². The highest BCUT2D eigenvalue weighted by Gasteiger charge is 2.05. The van der Waals surface area contributed by atoms with Gasteiger partial charge in [0.1, 0.15) is 0 Å². The molecule has 2 aromatic rings. The summed E-state index contributed by atoms with van der Waals surface area (Å²) < 4.78 is 5.30. The maximum Gasteiger partial charge on any atom is 0.166 e. The maximum absolute atomic E-state index is 9.96. The fourth-order valence-electron chi connectivity index (χ4n) is 1.48. The molecule has 1 aromatic heterocycles. The van der Waals surface area contributed by atoms with Gasteiger partial charge < -0.3 is 9.84 Å². The summed E-state index contributed by atoms with van der Waals surface area (Å²) in [6.45, 7) is 2.38. The van der Waals surface area contributed by atoms with Crippen molar-refractivity contribution in [2.24, 2.45) is 4.99 Å². The Hall–Kier alpha value is -2.36. The van der Waals surface area contributed by atoms with Crippen molar-refractivity contribution < 1.29 is 9.84 Å². The Bertz CT molecular complexity index is 539. The van der Waals surface area contributed by atoms with Crippen LogP contribution in [0.3, 0.4) is 0 Å². The largest absolute Gasteiger partial charge is 0.504 e. The summed E-state index contributed by atoms with van der Waals surface area (Å²) in [5.74, 6) is 1.15. The Morgan fingerprint density at radius 1 is 1.28 bits per heavy atom.